The maximum absolute atomic E-state index is 12.7. The summed E-state index contributed by atoms with van der Waals surface area (Å²) in [6.45, 7) is 5.52. The van der Waals surface area contributed by atoms with Crippen LogP contribution in [0.25, 0.3) is 0 Å². The monoisotopic (exact) mass is 411 g/mol. The maximum atomic E-state index is 12.7. The smallest absolute Gasteiger partial charge is 0.339 e. The average molecular weight is 412 g/mol. The Morgan fingerprint density at radius 3 is 2.50 bits per heavy atom. The van der Waals surface area contributed by atoms with E-state index in [4.69, 9.17) is 4.74 Å². The number of aromatic nitrogens is 1. The molecule has 0 aliphatic heterocycles. The molecule has 6 heteroatoms. The second kappa shape index (κ2) is 9.17. The molecule has 0 aliphatic rings. The van der Waals surface area contributed by atoms with Crippen LogP contribution < -0.4 is 0 Å². The van der Waals surface area contributed by atoms with Gasteiger partial charge in [0.05, 0.1) is 5.56 Å². The molecule has 0 aliphatic carbocycles. The first-order valence-corrected chi connectivity index (χ1v) is 10.8. The van der Waals surface area contributed by atoms with Crippen molar-refractivity contribution in [2.75, 3.05) is 0 Å². The Balaban J connectivity index is 1.68. The van der Waals surface area contributed by atoms with E-state index in [9.17, 15) is 9.59 Å². The van der Waals surface area contributed by atoms with E-state index in [0.717, 1.165) is 21.2 Å². The minimum absolute atomic E-state index is 0.210. The van der Waals surface area contributed by atoms with Crippen LogP contribution in [0.2, 0.25) is 0 Å². The highest BCUT2D eigenvalue weighted by Gasteiger charge is 2.22. The van der Waals surface area contributed by atoms with Gasteiger partial charge >= 0.3 is 5.97 Å². The van der Waals surface area contributed by atoms with E-state index >= 15 is 0 Å². The summed E-state index contributed by atoms with van der Waals surface area (Å²) in [5.41, 5.74) is 3.94. The van der Waals surface area contributed by atoms with Gasteiger partial charge in [-0.25, -0.2) is 9.78 Å². The molecule has 0 saturated carbocycles. The Labute approximate surface area is 173 Å². The first-order valence-electron chi connectivity index (χ1n) is 8.88. The van der Waals surface area contributed by atoms with Crippen LogP contribution in [0, 0.1) is 13.8 Å². The lowest BCUT2D eigenvalue weighted by Gasteiger charge is -2.14. The van der Waals surface area contributed by atoms with Crippen LogP contribution in [0.15, 0.2) is 58.3 Å². The minimum Gasteiger partial charge on any atom is -0.451 e. The summed E-state index contributed by atoms with van der Waals surface area (Å²) in [5.74, 6) is -0.0867. The van der Waals surface area contributed by atoms with Crippen molar-refractivity contribution in [3.8, 4) is 0 Å². The molecule has 28 heavy (non-hydrogen) atoms. The predicted molar refractivity (Wildman–Crippen MR) is 113 cm³/mol. The number of thiazole rings is 1. The fourth-order valence-electron chi connectivity index (χ4n) is 2.61. The standard InChI is InChI=1S/C22H21NO3S2/c1-14-8-10-17(11-9-14)20(24)16(3)26-21(25)19-7-5-4-6-18(19)13-28-22-23-15(2)12-27-22/h4-12,16H,13H2,1-3H3. The lowest BCUT2D eigenvalue weighted by molar-refractivity contribution is 0.0318. The minimum atomic E-state index is -0.850. The Kier molecular flexibility index (Phi) is 6.65. The zero-order valence-electron chi connectivity index (χ0n) is 16.0. The van der Waals surface area contributed by atoms with Crippen molar-refractivity contribution in [2.24, 2.45) is 0 Å². The molecule has 0 bridgehead atoms. The molecule has 1 atom stereocenters. The molecule has 0 radical (unpaired) electrons. The van der Waals surface area contributed by atoms with Gasteiger partial charge in [0.25, 0.3) is 0 Å². The van der Waals surface area contributed by atoms with E-state index in [2.05, 4.69) is 4.98 Å². The van der Waals surface area contributed by atoms with Gasteiger partial charge in [0.2, 0.25) is 5.78 Å². The molecule has 1 unspecified atom stereocenters. The third-order valence-electron chi connectivity index (χ3n) is 4.18. The highest BCUT2D eigenvalue weighted by molar-refractivity contribution is 8.00. The number of Topliss-reactive ketones (excluding diaryl/α,β-unsaturated/α-hetero) is 1. The number of thioether (sulfide) groups is 1. The number of carbonyl (C=O) groups is 2. The number of hydrogen-bond acceptors (Lipinski definition) is 6. The van der Waals surface area contributed by atoms with Crippen molar-refractivity contribution in [3.05, 3.63) is 81.9 Å². The summed E-state index contributed by atoms with van der Waals surface area (Å²) in [7, 11) is 0. The molecular formula is C22H21NO3S2. The molecule has 0 amide bonds. The number of rotatable bonds is 7. The third kappa shape index (κ3) is 5.09. The number of carbonyl (C=O) groups excluding carboxylic acids is 2. The molecule has 3 aromatic rings. The van der Waals surface area contributed by atoms with Gasteiger partial charge in [-0.05, 0) is 32.4 Å². The largest absolute Gasteiger partial charge is 0.451 e. The van der Waals surface area contributed by atoms with E-state index in [1.54, 1.807) is 54.3 Å². The van der Waals surface area contributed by atoms with Crippen molar-refractivity contribution in [2.45, 2.75) is 37.0 Å². The van der Waals surface area contributed by atoms with Gasteiger partial charge < -0.3 is 4.74 Å². The molecule has 0 spiro atoms. The van der Waals surface area contributed by atoms with Crippen molar-refractivity contribution in [1.29, 1.82) is 0 Å². The fraction of sp³-hybridized carbons (Fsp3) is 0.227. The first-order chi connectivity index (χ1) is 13.4. The number of hydrogen-bond donors (Lipinski definition) is 0. The van der Waals surface area contributed by atoms with Gasteiger partial charge in [0.15, 0.2) is 6.10 Å². The Bertz CT molecular complexity index is 979. The van der Waals surface area contributed by atoms with Crippen LogP contribution >= 0.6 is 23.1 Å². The molecule has 4 nitrogen and oxygen atoms in total. The second-order valence-corrected chi connectivity index (χ2v) is 8.56. The van der Waals surface area contributed by atoms with Crippen molar-refractivity contribution in [1.82, 2.24) is 4.98 Å². The van der Waals surface area contributed by atoms with Gasteiger partial charge in [-0.1, -0.05) is 59.8 Å². The highest BCUT2D eigenvalue weighted by Crippen LogP contribution is 2.27. The summed E-state index contributed by atoms with van der Waals surface area (Å²) in [5, 5.41) is 2.00. The van der Waals surface area contributed by atoms with Crippen LogP contribution in [-0.2, 0) is 10.5 Å². The maximum Gasteiger partial charge on any atom is 0.339 e. The SMILES string of the molecule is Cc1ccc(C(=O)C(C)OC(=O)c2ccccc2CSc2nc(C)cs2)cc1. The molecule has 1 heterocycles. The summed E-state index contributed by atoms with van der Waals surface area (Å²) in [6.07, 6.45) is -0.850. The van der Waals surface area contributed by atoms with E-state index in [0.29, 0.717) is 16.9 Å². The highest BCUT2D eigenvalue weighted by atomic mass is 32.2. The summed E-state index contributed by atoms with van der Waals surface area (Å²) >= 11 is 3.17. The lowest BCUT2D eigenvalue weighted by Crippen LogP contribution is -2.25. The lowest BCUT2D eigenvalue weighted by atomic mass is 10.1. The van der Waals surface area contributed by atoms with Crippen LogP contribution in [0.4, 0.5) is 0 Å². The molecule has 0 fully saturated rings. The van der Waals surface area contributed by atoms with Crippen molar-refractivity contribution >= 4 is 34.9 Å². The summed E-state index contributed by atoms with van der Waals surface area (Å²) < 4.78 is 6.43. The van der Waals surface area contributed by atoms with Gasteiger partial charge in [-0.15, -0.1) is 11.3 Å². The van der Waals surface area contributed by atoms with Crippen LogP contribution in [0.3, 0.4) is 0 Å². The van der Waals surface area contributed by atoms with E-state index < -0.39 is 12.1 Å². The number of esters is 1. The third-order valence-corrected chi connectivity index (χ3v) is 6.36. The van der Waals surface area contributed by atoms with E-state index in [1.165, 1.54) is 0 Å². The molecular weight excluding hydrogens is 390 g/mol. The molecule has 2 aromatic carbocycles. The number of nitrogens with zero attached hydrogens (tertiary/aromatic N) is 1. The molecule has 1 aromatic heterocycles. The van der Waals surface area contributed by atoms with Gasteiger partial charge in [0, 0.05) is 22.4 Å². The number of aryl methyl sites for hydroxylation is 2. The average Bonchev–Trinajstić information content (AvgIpc) is 3.11. The van der Waals surface area contributed by atoms with Crippen LogP contribution in [-0.4, -0.2) is 22.8 Å². The summed E-state index contributed by atoms with van der Waals surface area (Å²) in [4.78, 5) is 29.6. The topological polar surface area (TPSA) is 56.3 Å². The Morgan fingerprint density at radius 2 is 1.82 bits per heavy atom. The normalized spacial score (nSPS) is 11.8. The van der Waals surface area contributed by atoms with Crippen LogP contribution in [0.5, 0.6) is 0 Å². The van der Waals surface area contributed by atoms with Gasteiger partial charge in [0.1, 0.15) is 4.34 Å². The zero-order chi connectivity index (χ0) is 20.1. The van der Waals surface area contributed by atoms with Crippen molar-refractivity contribution < 1.29 is 14.3 Å². The fourth-order valence-corrected chi connectivity index (χ4v) is 4.47. The molecule has 3 rings (SSSR count). The quantitative estimate of drug-likeness (QED) is 0.293. The van der Waals surface area contributed by atoms with Crippen molar-refractivity contribution in [3.63, 3.8) is 0 Å². The first kappa shape index (κ1) is 20.3. The molecule has 0 saturated heterocycles. The summed E-state index contributed by atoms with van der Waals surface area (Å²) in [6, 6.07) is 14.6. The van der Waals surface area contributed by atoms with E-state index in [1.807, 2.05) is 43.5 Å². The predicted octanol–water partition coefficient (Wildman–Crippen LogP) is 5.48. The number of ketones is 1. The zero-order valence-corrected chi connectivity index (χ0v) is 17.6. The second-order valence-electron chi connectivity index (χ2n) is 6.48. The van der Waals surface area contributed by atoms with Crippen LogP contribution in [0.1, 0.15) is 44.5 Å². The Hall–Kier alpha value is -2.44. The molecule has 0 N–H and O–H groups in total. The number of ether oxygens (including phenoxy) is 1. The van der Waals surface area contributed by atoms with Gasteiger partial charge in [-0.2, -0.15) is 0 Å². The Morgan fingerprint density at radius 1 is 1.11 bits per heavy atom. The number of benzene rings is 2. The molecule has 144 valence electrons. The van der Waals surface area contributed by atoms with E-state index in [-0.39, 0.29) is 5.78 Å². The van der Waals surface area contributed by atoms with Gasteiger partial charge in [-0.3, -0.25) is 4.79 Å².